The summed E-state index contributed by atoms with van der Waals surface area (Å²) in [5.41, 5.74) is 5.54. The molecule has 0 aliphatic rings. The maximum atomic E-state index is 11.5. The molecule has 1 aromatic carbocycles. The predicted molar refractivity (Wildman–Crippen MR) is 73.9 cm³/mol. The SMILES string of the molecule is CC(=O)NNC(=O)C[NH+](C)Cc1ccc(Cl)c(Cl)c1. The van der Waals surface area contributed by atoms with Gasteiger partial charge in [0.15, 0.2) is 6.54 Å². The van der Waals surface area contributed by atoms with Crippen LogP contribution in [0.25, 0.3) is 0 Å². The number of hydrogen-bond acceptors (Lipinski definition) is 2. The second kappa shape index (κ2) is 7.33. The Morgan fingerprint density at radius 2 is 1.89 bits per heavy atom. The summed E-state index contributed by atoms with van der Waals surface area (Å²) in [6.45, 7) is 2.19. The van der Waals surface area contributed by atoms with Crippen LogP contribution < -0.4 is 15.8 Å². The fourth-order valence-corrected chi connectivity index (χ4v) is 1.86. The molecule has 7 heteroatoms. The molecule has 0 radical (unpaired) electrons. The van der Waals surface area contributed by atoms with Gasteiger partial charge in [0.2, 0.25) is 5.91 Å². The van der Waals surface area contributed by atoms with Crippen LogP contribution in [0.2, 0.25) is 10.0 Å². The van der Waals surface area contributed by atoms with Crippen molar-refractivity contribution in [3.05, 3.63) is 33.8 Å². The zero-order valence-electron chi connectivity index (χ0n) is 10.7. The van der Waals surface area contributed by atoms with Crippen molar-refractivity contribution in [2.45, 2.75) is 13.5 Å². The lowest BCUT2D eigenvalue weighted by atomic mass is 10.2. The lowest BCUT2D eigenvalue weighted by molar-refractivity contribution is -0.885. The lowest BCUT2D eigenvalue weighted by Crippen LogP contribution is -3.09. The molecule has 0 spiro atoms. The van der Waals surface area contributed by atoms with E-state index in [0.717, 1.165) is 10.5 Å². The molecule has 3 N–H and O–H groups in total. The fraction of sp³-hybridized carbons (Fsp3) is 0.333. The third-order valence-electron chi connectivity index (χ3n) is 2.33. The average molecular weight is 305 g/mol. The van der Waals surface area contributed by atoms with Crippen LogP contribution in [0.15, 0.2) is 18.2 Å². The van der Waals surface area contributed by atoms with Crippen LogP contribution in [-0.4, -0.2) is 25.4 Å². The number of likely N-dealkylation sites (N-methyl/N-ethyl adjacent to an activating group) is 1. The van der Waals surface area contributed by atoms with Gasteiger partial charge in [-0.15, -0.1) is 0 Å². The highest BCUT2D eigenvalue weighted by Gasteiger charge is 2.11. The number of carbonyl (C=O) groups is 2. The van der Waals surface area contributed by atoms with Crippen molar-refractivity contribution in [1.82, 2.24) is 10.9 Å². The number of hydrogen-bond donors (Lipinski definition) is 3. The van der Waals surface area contributed by atoms with Gasteiger partial charge < -0.3 is 4.90 Å². The molecular weight excluding hydrogens is 289 g/mol. The molecule has 0 bridgehead atoms. The molecule has 0 aliphatic heterocycles. The minimum Gasteiger partial charge on any atom is -0.326 e. The summed E-state index contributed by atoms with van der Waals surface area (Å²) in [5, 5.41) is 1.00. The third kappa shape index (κ3) is 5.92. The number of hydrazine groups is 1. The smallest absolute Gasteiger partial charge is 0.293 e. The first kappa shape index (κ1) is 15.8. The van der Waals surface area contributed by atoms with Crippen LogP contribution in [0.5, 0.6) is 0 Å². The van der Waals surface area contributed by atoms with Gasteiger partial charge in [-0.05, 0) is 12.1 Å². The van der Waals surface area contributed by atoms with Crippen molar-refractivity contribution in [1.29, 1.82) is 0 Å². The Balaban J connectivity index is 2.46. The molecule has 2 amide bonds. The Hall–Kier alpha value is -1.30. The van der Waals surface area contributed by atoms with Crippen molar-refractivity contribution in [2.24, 2.45) is 0 Å². The molecule has 1 unspecified atom stereocenters. The molecule has 1 atom stereocenters. The number of amides is 2. The summed E-state index contributed by atoms with van der Waals surface area (Å²) < 4.78 is 0. The number of benzene rings is 1. The van der Waals surface area contributed by atoms with Crippen LogP contribution in [0.1, 0.15) is 12.5 Å². The summed E-state index contributed by atoms with van der Waals surface area (Å²) >= 11 is 11.7. The number of carbonyl (C=O) groups excluding carboxylic acids is 2. The Morgan fingerprint density at radius 1 is 1.21 bits per heavy atom. The lowest BCUT2D eigenvalue weighted by Gasteiger charge is -2.14. The molecule has 0 heterocycles. The number of rotatable bonds is 4. The van der Waals surface area contributed by atoms with E-state index in [4.69, 9.17) is 23.2 Å². The van der Waals surface area contributed by atoms with Crippen LogP contribution in [0, 0.1) is 0 Å². The highest BCUT2D eigenvalue weighted by molar-refractivity contribution is 6.42. The van der Waals surface area contributed by atoms with E-state index in [0.29, 0.717) is 16.6 Å². The van der Waals surface area contributed by atoms with Gasteiger partial charge >= 0.3 is 0 Å². The van der Waals surface area contributed by atoms with E-state index >= 15 is 0 Å². The molecule has 104 valence electrons. The number of halogens is 2. The highest BCUT2D eigenvalue weighted by Crippen LogP contribution is 2.22. The van der Waals surface area contributed by atoms with E-state index in [1.54, 1.807) is 12.1 Å². The summed E-state index contributed by atoms with van der Waals surface area (Å²) in [5.74, 6) is -0.566. The van der Waals surface area contributed by atoms with E-state index in [-0.39, 0.29) is 18.4 Å². The van der Waals surface area contributed by atoms with Crippen LogP contribution in [0.3, 0.4) is 0 Å². The topological polar surface area (TPSA) is 62.6 Å². The summed E-state index contributed by atoms with van der Waals surface area (Å²) in [4.78, 5) is 23.1. The van der Waals surface area contributed by atoms with Crippen LogP contribution in [-0.2, 0) is 16.1 Å². The molecular formula is C12H16Cl2N3O2+. The Bertz CT molecular complexity index is 480. The minimum absolute atomic E-state index is 0.237. The van der Waals surface area contributed by atoms with Gasteiger partial charge in [-0.1, -0.05) is 29.3 Å². The van der Waals surface area contributed by atoms with E-state index in [1.807, 2.05) is 13.1 Å². The van der Waals surface area contributed by atoms with Crippen molar-refractivity contribution < 1.29 is 14.5 Å². The molecule has 1 rings (SSSR count). The van der Waals surface area contributed by atoms with Crippen LogP contribution >= 0.6 is 23.2 Å². The standard InChI is InChI=1S/C12H15Cl2N3O2/c1-8(18)15-16-12(19)7-17(2)6-9-3-4-10(13)11(14)5-9/h3-5H,6-7H2,1-2H3,(H,15,18)(H,16,19)/p+1. The third-order valence-corrected chi connectivity index (χ3v) is 3.07. The van der Waals surface area contributed by atoms with Gasteiger partial charge in [0.1, 0.15) is 6.54 Å². The van der Waals surface area contributed by atoms with Crippen LogP contribution in [0.4, 0.5) is 0 Å². The highest BCUT2D eigenvalue weighted by atomic mass is 35.5. The Labute approximate surface area is 121 Å². The largest absolute Gasteiger partial charge is 0.326 e. The van der Waals surface area contributed by atoms with Gasteiger partial charge in [-0.25, -0.2) is 0 Å². The van der Waals surface area contributed by atoms with E-state index in [1.165, 1.54) is 6.92 Å². The summed E-state index contributed by atoms with van der Waals surface area (Å²) in [6.07, 6.45) is 0. The fourth-order valence-electron chi connectivity index (χ4n) is 1.54. The first-order chi connectivity index (χ1) is 8.88. The molecule has 0 fully saturated rings. The quantitative estimate of drug-likeness (QED) is 0.695. The summed E-state index contributed by atoms with van der Waals surface area (Å²) in [6, 6.07) is 5.37. The molecule has 1 aromatic rings. The maximum Gasteiger partial charge on any atom is 0.293 e. The molecule has 0 aromatic heterocycles. The zero-order valence-corrected chi connectivity index (χ0v) is 12.2. The predicted octanol–water partition coefficient (Wildman–Crippen LogP) is 0.175. The first-order valence-corrected chi connectivity index (χ1v) is 6.44. The van der Waals surface area contributed by atoms with Gasteiger partial charge in [-0.3, -0.25) is 20.4 Å². The van der Waals surface area contributed by atoms with Gasteiger partial charge in [0.05, 0.1) is 17.1 Å². The Kier molecular flexibility index (Phi) is 6.08. The molecule has 0 saturated heterocycles. The average Bonchev–Trinajstić information content (AvgIpc) is 2.31. The number of nitrogens with one attached hydrogen (secondary N) is 3. The summed E-state index contributed by atoms with van der Waals surface area (Å²) in [7, 11) is 1.87. The van der Waals surface area contributed by atoms with Crippen molar-refractivity contribution >= 4 is 35.0 Å². The van der Waals surface area contributed by atoms with Crippen molar-refractivity contribution in [3.8, 4) is 0 Å². The monoisotopic (exact) mass is 304 g/mol. The second-order valence-electron chi connectivity index (χ2n) is 4.29. The molecule has 19 heavy (non-hydrogen) atoms. The second-order valence-corrected chi connectivity index (χ2v) is 5.10. The van der Waals surface area contributed by atoms with Gasteiger partial charge in [0, 0.05) is 12.5 Å². The van der Waals surface area contributed by atoms with E-state index in [2.05, 4.69) is 10.9 Å². The normalized spacial score (nSPS) is 11.8. The number of quaternary nitrogens is 1. The molecule has 0 aliphatic carbocycles. The van der Waals surface area contributed by atoms with Gasteiger partial charge in [0.25, 0.3) is 5.91 Å². The Morgan fingerprint density at radius 3 is 2.47 bits per heavy atom. The van der Waals surface area contributed by atoms with E-state index in [9.17, 15) is 9.59 Å². The molecule has 0 saturated carbocycles. The maximum absolute atomic E-state index is 11.5. The van der Waals surface area contributed by atoms with Crippen molar-refractivity contribution in [2.75, 3.05) is 13.6 Å². The van der Waals surface area contributed by atoms with Gasteiger partial charge in [-0.2, -0.15) is 0 Å². The molecule has 5 nitrogen and oxygen atoms in total. The first-order valence-electron chi connectivity index (χ1n) is 5.69. The minimum atomic E-state index is -0.310. The van der Waals surface area contributed by atoms with E-state index < -0.39 is 0 Å². The van der Waals surface area contributed by atoms with Crippen molar-refractivity contribution in [3.63, 3.8) is 0 Å². The zero-order chi connectivity index (χ0) is 14.4.